The Bertz CT molecular complexity index is 237. The van der Waals surface area contributed by atoms with Crippen LogP contribution in [-0.2, 0) is 0 Å². The summed E-state index contributed by atoms with van der Waals surface area (Å²) in [6, 6.07) is 1.90. The summed E-state index contributed by atoms with van der Waals surface area (Å²) in [4.78, 5) is 2.77. The third-order valence-corrected chi connectivity index (χ3v) is 5.51. The minimum Gasteiger partial charge on any atom is -0.300 e. The molecule has 0 amide bonds. The van der Waals surface area contributed by atoms with Crippen molar-refractivity contribution in [2.75, 3.05) is 7.05 Å². The van der Waals surface area contributed by atoms with Gasteiger partial charge in [-0.25, -0.2) is 0 Å². The fourth-order valence-electron chi connectivity index (χ4n) is 4.73. The first-order valence-corrected chi connectivity index (χ1v) is 6.99. The lowest BCUT2D eigenvalue weighted by molar-refractivity contribution is 0.154. The molecular formula is C14H25N. The van der Waals surface area contributed by atoms with E-state index in [1.54, 1.807) is 0 Å². The van der Waals surface area contributed by atoms with Gasteiger partial charge in [0.25, 0.3) is 0 Å². The molecule has 0 bridgehead atoms. The van der Waals surface area contributed by atoms with Crippen LogP contribution in [0.25, 0.3) is 0 Å². The summed E-state index contributed by atoms with van der Waals surface area (Å²) in [7, 11) is 2.41. The van der Waals surface area contributed by atoms with Crippen molar-refractivity contribution in [3.8, 4) is 0 Å². The molecule has 1 heterocycles. The monoisotopic (exact) mass is 207 g/mol. The van der Waals surface area contributed by atoms with E-state index < -0.39 is 0 Å². The molecular weight excluding hydrogens is 182 g/mol. The zero-order chi connectivity index (χ0) is 10.4. The average molecular weight is 207 g/mol. The number of rotatable bonds is 0. The molecule has 0 aromatic heterocycles. The second-order valence-electron chi connectivity index (χ2n) is 6.33. The van der Waals surface area contributed by atoms with Gasteiger partial charge < -0.3 is 0 Å². The summed E-state index contributed by atoms with van der Waals surface area (Å²) in [6.07, 6.45) is 10.5. The fourth-order valence-corrected chi connectivity index (χ4v) is 4.73. The van der Waals surface area contributed by atoms with Crippen LogP contribution in [0.1, 0.15) is 51.9 Å². The van der Waals surface area contributed by atoms with Gasteiger partial charge in [-0.3, -0.25) is 4.90 Å². The molecule has 2 unspecified atom stereocenters. The molecule has 86 valence electrons. The summed E-state index contributed by atoms with van der Waals surface area (Å²) in [5.74, 6) is 3.12. The summed E-state index contributed by atoms with van der Waals surface area (Å²) in [5.41, 5.74) is 0. The van der Waals surface area contributed by atoms with Gasteiger partial charge in [-0.1, -0.05) is 26.2 Å². The zero-order valence-corrected chi connectivity index (χ0v) is 10.3. The quantitative estimate of drug-likeness (QED) is 0.589. The van der Waals surface area contributed by atoms with Crippen LogP contribution in [0.5, 0.6) is 0 Å². The minimum atomic E-state index is 0.946. The number of hydrogen-bond acceptors (Lipinski definition) is 1. The average Bonchev–Trinajstić information content (AvgIpc) is 2.54. The van der Waals surface area contributed by atoms with E-state index in [0.717, 1.165) is 29.8 Å². The Hall–Kier alpha value is -0.0400. The molecule has 0 spiro atoms. The van der Waals surface area contributed by atoms with E-state index in [0.29, 0.717) is 0 Å². The molecule has 3 aliphatic rings. The van der Waals surface area contributed by atoms with Crippen LogP contribution in [0.4, 0.5) is 0 Å². The smallest absolute Gasteiger partial charge is 0.0129 e. The largest absolute Gasteiger partial charge is 0.300 e. The molecule has 0 aromatic rings. The predicted molar refractivity (Wildman–Crippen MR) is 63.8 cm³/mol. The Morgan fingerprint density at radius 2 is 1.60 bits per heavy atom. The highest BCUT2D eigenvalue weighted by atomic mass is 15.2. The maximum atomic E-state index is 2.77. The lowest BCUT2D eigenvalue weighted by Crippen LogP contribution is -2.37. The van der Waals surface area contributed by atoms with Crippen molar-refractivity contribution in [1.82, 2.24) is 4.90 Å². The highest BCUT2D eigenvalue weighted by Crippen LogP contribution is 2.49. The first kappa shape index (κ1) is 10.1. The number of likely N-dealkylation sites (tertiary alicyclic amines) is 1. The third kappa shape index (κ3) is 1.54. The van der Waals surface area contributed by atoms with Gasteiger partial charge in [0.05, 0.1) is 0 Å². The summed E-state index contributed by atoms with van der Waals surface area (Å²) in [5, 5.41) is 0. The molecule has 0 radical (unpaired) electrons. The fraction of sp³-hybridized carbons (Fsp3) is 1.00. The molecule has 5 atom stereocenters. The zero-order valence-electron chi connectivity index (χ0n) is 10.3. The second-order valence-corrected chi connectivity index (χ2v) is 6.33. The first-order valence-electron chi connectivity index (χ1n) is 6.99. The Labute approximate surface area is 94.2 Å². The SMILES string of the molecule is C[C@@H]1CC[C@@H]2C3CCCC[C@@H]3N(C)C2C1. The topological polar surface area (TPSA) is 3.24 Å². The van der Waals surface area contributed by atoms with Gasteiger partial charge in [0, 0.05) is 12.1 Å². The van der Waals surface area contributed by atoms with Gasteiger partial charge in [-0.15, -0.1) is 0 Å². The van der Waals surface area contributed by atoms with Gasteiger partial charge in [0.2, 0.25) is 0 Å². The van der Waals surface area contributed by atoms with Crippen molar-refractivity contribution >= 4 is 0 Å². The van der Waals surface area contributed by atoms with Crippen molar-refractivity contribution < 1.29 is 0 Å². The first-order chi connectivity index (χ1) is 7.27. The maximum absolute atomic E-state index is 2.77. The minimum absolute atomic E-state index is 0.946. The van der Waals surface area contributed by atoms with Crippen molar-refractivity contribution in [2.45, 2.75) is 64.0 Å². The van der Waals surface area contributed by atoms with E-state index in [2.05, 4.69) is 18.9 Å². The van der Waals surface area contributed by atoms with Crippen LogP contribution in [0.3, 0.4) is 0 Å². The summed E-state index contributed by atoms with van der Waals surface area (Å²) in [6.45, 7) is 2.45. The normalized spacial score (nSPS) is 51.2. The van der Waals surface area contributed by atoms with Crippen molar-refractivity contribution in [3.63, 3.8) is 0 Å². The van der Waals surface area contributed by atoms with Crippen LogP contribution in [0.2, 0.25) is 0 Å². The van der Waals surface area contributed by atoms with E-state index in [1.165, 1.54) is 44.9 Å². The van der Waals surface area contributed by atoms with Gasteiger partial charge in [-0.2, -0.15) is 0 Å². The van der Waals surface area contributed by atoms with Crippen molar-refractivity contribution in [1.29, 1.82) is 0 Å². The van der Waals surface area contributed by atoms with Crippen LogP contribution >= 0.6 is 0 Å². The number of nitrogens with zero attached hydrogens (tertiary/aromatic N) is 1. The van der Waals surface area contributed by atoms with Crippen LogP contribution < -0.4 is 0 Å². The molecule has 2 saturated carbocycles. The van der Waals surface area contributed by atoms with E-state index in [9.17, 15) is 0 Å². The predicted octanol–water partition coefficient (Wildman–Crippen LogP) is 3.30. The molecule has 1 aliphatic heterocycles. The summed E-state index contributed by atoms with van der Waals surface area (Å²) < 4.78 is 0. The molecule has 1 saturated heterocycles. The molecule has 1 heteroatoms. The maximum Gasteiger partial charge on any atom is 0.0129 e. The Balaban J connectivity index is 1.81. The third-order valence-electron chi connectivity index (χ3n) is 5.51. The Morgan fingerprint density at radius 1 is 0.867 bits per heavy atom. The van der Waals surface area contributed by atoms with Crippen molar-refractivity contribution in [2.24, 2.45) is 17.8 Å². The van der Waals surface area contributed by atoms with Gasteiger partial charge in [0.1, 0.15) is 0 Å². The Kier molecular flexibility index (Phi) is 2.54. The summed E-state index contributed by atoms with van der Waals surface area (Å²) >= 11 is 0. The van der Waals surface area contributed by atoms with Gasteiger partial charge >= 0.3 is 0 Å². The molecule has 15 heavy (non-hydrogen) atoms. The lowest BCUT2D eigenvalue weighted by atomic mass is 9.71. The second kappa shape index (κ2) is 3.76. The van der Waals surface area contributed by atoms with E-state index in [-0.39, 0.29) is 0 Å². The number of hydrogen-bond donors (Lipinski definition) is 0. The van der Waals surface area contributed by atoms with E-state index in [4.69, 9.17) is 0 Å². The van der Waals surface area contributed by atoms with Gasteiger partial charge in [0.15, 0.2) is 0 Å². The van der Waals surface area contributed by atoms with Crippen LogP contribution in [0.15, 0.2) is 0 Å². The molecule has 3 rings (SSSR count). The van der Waals surface area contributed by atoms with Crippen LogP contribution in [0, 0.1) is 17.8 Å². The van der Waals surface area contributed by atoms with Gasteiger partial charge in [-0.05, 0) is 50.5 Å². The Morgan fingerprint density at radius 3 is 2.47 bits per heavy atom. The highest BCUT2D eigenvalue weighted by molar-refractivity contribution is 5.02. The van der Waals surface area contributed by atoms with E-state index in [1.807, 2.05) is 0 Å². The molecule has 1 nitrogen and oxygen atoms in total. The van der Waals surface area contributed by atoms with E-state index >= 15 is 0 Å². The standard InChI is InChI=1S/C14H25N/c1-10-7-8-12-11-5-3-4-6-13(11)15(2)14(12)9-10/h10-14H,3-9H2,1-2H3/t10-,11?,12-,13+,14?/m1/s1. The molecule has 0 aromatic carbocycles. The lowest BCUT2D eigenvalue weighted by Gasteiger charge is -2.34. The number of fused-ring (bicyclic) bond motifs is 3. The van der Waals surface area contributed by atoms with Crippen molar-refractivity contribution in [3.05, 3.63) is 0 Å². The van der Waals surface area contributed by atoms with Crippen LogP contribution in [-0.4, -0.2) is 24.0 Å². The highest BCUT2D eigenvalue weighted by Gasteiger charge is 2.48. The molecule has 3 fully saturated rings. The molecule has 2 aliphatic carbocycles. The molecule has 0 N–H and O–H groups in total.